The Balaban J connectivity index is 2.14. The van der Waals surface area contributed by atoms with E-state index >= 15 is 0 Å². The third kappa shape index (κ3) is 3.12. The van der Waals surface area contributed by atoms with E-state index in [1.807, 2.05) is 44.1 Å². The molecule has 2 rings (SSSR count). The first kappa shape index (κ1) is 14.0. The average Bonchev–Trinajstić information content (AvgIpc) is 2.81. The molecule has 0 unspecified atom stereocenters. The third-order valence-electron chi connectivity index (χ3n) is 2.97. The van der Waals surface area contributed by atoms with Gasteiger partial charge in [0.15, 0.2) is 0 Å². The zero-order chi connectivity index (χ0) is 14.7. The number of rotatable bonds is 4. The van der Waals surface area contributed by atoms with Crippen molar-refractivity contribution in [3.63, 3.8) is 0 Å². The zero-order valence-electron chi connectivity index (χ0n) is 11.9. The molecule has 0 aliphatic carbocycles. The number of aryl methyl sites for hydroxylation is 1. The molecule has 106 valence electrons. The molecule has 0 saturated heterocycles. The van der Waals surface area contributed by atoms with Crippen LogP contribution < -0.4 is 16.0 Å². The summed E-state index contributed by atoms with van der Waals surface area (Å²) in [7, 11) is 3.77. The van der Waals surface area contributed by atoms with Crippen molar-refractivity contribution in [2.75, 3.05) is 24.7 Å². The Morgan fingerprint density at radius 1 is 1.30 bits per heavy atom. The average molecular weight is 273 g/mol. The van der Waals surface area contributed by atoms with Crippen LogP contribution in [0.3, 0.4) is 0 Å². The molecule has 0 saturated carbocycles. The Kier molecular flexibility index (Phi) is 3.98. The summed E-state index contributed by atoms with van der Waals surface area (Å²) in [6.45, 7) is 2.22. The summed E-state index contributed by atoms with van der Waals surface area (Å²) in [6, 6.07) is 9.01. The summed E-state index contributed by atoms with van der Waals surface area (Å²) in [4.78, 5) is 14.1. The molecule has 1 aromatic heterocycles. The highest BCUT2D eigenvalue weighted by Gasteiger charge is 2.13. The first-order valence-electron chi connectivity index (χ1n) is 6.37. The molecule has 0 spiro atoms. The van der Waals surface area contributed by atoms with Gasteiger partial charge in [-0.3, -0.25) is 4.79 Å². The van der Waals surface area contributed by atoms with Gasteiger partial charge in [-0.05, 0) is 37.3 Å². The summed E-state index contributed by atoms with van der Waals surface area (Å²) in [5.74, 6) is 1.38. The minimum Gasteiger partial charge on any atom is -0.465 e. The van der Waals surface area contributed by atoms with Crippen LogP contribution in [0.5, 0.6) is 0 Å². The topological polar surface area (TPSA) is 71.5 Å². The lowest BCUT2D eigenvalue weighted by molar-refractivity contribution is 0.0948. The number of benzene rings is 1. The van der Waals surface area contributed by atoms with E-state index in [2.05, 4.69) is 5.32 Å². The summed E-state index contributed by atoms with van der Waals surface area (Å²) >= 11 is 0. The molecule has 2 aromatic rings. The van der Waals surface area contributed by atoms with Gasteiger partial charge < -0.3 is 20.4 Å². The molecular weight excluding hydrogens is 254 g/mol. The third-order valence-corrected chi connectivity index (χ3v) is 2.97. The monoisotopic (exact) mass is 273 g/mol. The van der Waals surface area contributed by atoms with Crippen molar-refractivity contribution in [1.29, 1.82) is 0 Å². The molecule has 5 heteroatoms. The molecule has 1 aromatic carbocycles. The normalized spacial score (nSPS) is 10.3. The molecular formula is C15H19N3O2. The maximum atomic E-state index is 12.3. The zero-order valence-corrected chi connectivity index (χ0v) is 11.9. The summed E-state index contributed by atoms with van der Waals surface area (Å²) in [6.07, 6.45) is 0. The molecule has 0 atom stereocenters. The lowest BCUT2D eigenvalue weighted by atomic mass is 10.1. The van der Waals surface area contributed by atoms with Crippen molar-refractivity contribution in [3.05, 3.63) is 47.4 Å². The van der Waals surface area contributed by atoms with Gasteiger partial charge in [-0.15, -0.1) is 0 Å². The molecule has 5 nitrogen and oxygen atoms in total. The summed E-state index contributed by atoms with van der Waals surface area (Å²) in [5, 5.41) is 2.84. The molecule has 1 amide bonds. The van der Waals surface area contributed by atoms with Gasteiger partial charge in [0.2, 0.25) is 0 Å². The van der Waals surface area contributed by atoms with Crippen molar-refractivity contribution >= 4 is 17.3 Å². The van der Waals surface area contributed by atoms with E-state index < -0.39 is 0 Å². The molecule has 3 N–H and O–H groups in total. The van der Waals surface area contributed by atoms with Crippen LogP contribution in [0, 0.1) is 6.92 Å². The highest BCUT2D eigenvalue weighted by molar-refractivity contribution is 6.00. The highest BCUT2D eigenvalue weighted by Crippen LogP contribution is 2.21. The standard InChI is InChI=1S/C15H19N3O2/c1-10-4-6-12(20-10)9-17-15(19)13-8-11(16)5-7-14(13)18(2)3/h4-8H,9,16H2,1-3H3,(H,17,19). The molecule has 0 aliphatic rings. The van der Waals surface area contributed by atoms with E-state index in [4.69, 9.17) is 10.2 Å². The number of nitrogens with zero attached hydrogens (tertiary/aromatic N) is 1. The number of carbonyl (C=O) groups excluding carboxylic acids is 1. The fourth-order valence-electron chi connectivity index (χ4n) is 1.97. The van der Waals surface area contributed by atoms with Crippen LogP contribution in [-0.2, 0) is 6.54 Å². The van der Waals surface area contributed by atoms with E-state index in [0.29, 0.717) is 17.8 Å². The van der Waals surface area contributed by atoms with Crippen LogP contribution in [0.1, 0.15) is 21.9 Å². The molecule has 20 heavy (non-hydrogen) atoms. The number of nitrogen functional groups attached to an aromatic ring is 1. The second-order valence-electron chi connectivity index (χ2n) is 4.87. The van der Waals surface area contributed by atoms with Crippen LogP contribution in [0.2, 0.25) is 0 Å². The fourth-order valence-corrected chi connectivity index (χ4v) is 1.97. The summed E-state index contributed by atoms with van der Waals surface area (Å²) in [5.41, 5.74) is 7.70. The number of carbonyl (C=O) groups is 1. The lowest BCUT2D eigenvalue weighted by Gasteiger charge is -2.17. The number of anilines is 2. The number of hydrogen-bond acceptors (Lipinski definition) is 4. The minimum absolute atomic E-state index is 0.171. The number of amides is 1. The van der Waals surface area contributed by atoms with Crippen LogP contribution in [0.25, 0.3) is 0 Å². The SMILES string of the molecule is Cc1ccc(CNC(=O)c2cc(N)ccc2N(C)C)o1. The van der Waals surface area contributed by atoms with Crippen molar-refractivity contribution in [1.82, 2.24) is 5.32 Å². The van der Waals surface area contributed by atoms with Gasteiger partial charge in [0, 0.05) is 25.5 Å². The van der Waals surface area contributed by atoms with Gasteiger partial charge >= 0.3 is 0 Å². The molecule has 0 bridgehead atoms. The quantitative estimate of drug-likeness (QED) is 0.837. The molecule has 0 radical (unpaired) electrons. The van der Waals surface area contributed by atoms with E-state index in [9.17, 15) is 4.79 Å². The molecule has 0 aliphatic heterocycles. The predicted molar refractivity (Wildman–Crippen MR) is 79.8 cm³/mol. The van der Waals surface area contributed by atoms with Gasteiger partial charge in [0.25, 0.3) is 5.91 Å². The molecule has 0 fully saturated rings. The van der Waals surface area contributed by atoms with Crippen LogP contribution in [0.4, 0.5) is 11.4 Å². The van der Waals surface area contributed by atoms with E-state index in [1.54, 1.807) is 12.1 Å². The second-order valence-corrected chi connectivity index (χ2v) is 4.87. The number of nitrogens with one attached hydrogen (secondary N) is 1. The second kappa shape index (κ2) is 5.69. The van der Waals surface area contributed by atoms with E-state index in [-0.39, 0.29) is 5.91 Å². The Hall–Kier alpha value is -2.43. The van der Waals surface area contributed by atoms with Gasteiger partial charge in [-0.2, -0.15) is 0 Å². The van der Waals surface area contributed by atoms with Gasteiger partial charge in [0.05, 0.1) is 12.1 Å². The van der Waals surface area contributed by atoms with Crippen molar-refractivity contribution in [2.24, 2.45) is 0 Å². The Labute approximate surface area is 118 Å². The Morgan fingerprint density at radius 2 is 2.05 bits per heavy atom. The van der Waals surface area contributed by atoms with Gasteiger partial charge in [-0.1, -0.05) is 0 Å². The van der Waals surface area contributed by atoms with Crippen LogP contribution in [-0.4, -0.2) is 20.0 Å². The van der Waals surface area contributed by atoms with Crippen molar-refractivity contribution in [3.8, 4) is 0 Å². The summed E-state index contributed by atoms with van der Waals surface area (Å²) < 4.78 is 5.42. The van der Waals surface area contributed by atoms with Gasteiger partial charge in [-0.25, -0.2) is 0 Å². The largest absolute Gasteiger partial charge is 0.465 e. The van der Waals surface area contributed by atoms with Crippen molar-refractivity contribution < 1.29 is 9.21 Å². The first-order chi connectivity index (χ1) is 9.47. The Bertz CT molecular complexity index is 617. The van der Waals surface area contributed by atoms with E-state index in [1.165, 1.54) is 0 Å². The Morgan fingerprint density at radius 3 is 2.65 bits per heavy atom. The maximum Gasteiger partial charge on any atom is 0.253 e. The van der Waals surface area contributed by atoms with Crippen LogP contribution in [0.15, 0.2) is 34.7 Å². The van der Waals surface area contributed by atoms with Crippen LogP contribution >= 0.6 is 0 Å². The fraction of sp³-hybridized carbons (Fsp3) is 0.267. The lowest BCUT2D eigenvalue weighted by Crippen LogP contribution is -2.25. The number of nitrogens with two attached hydrogens (primary N) is 1. The predicted octanol–water partition coefficient (Wildman–Crippen LogP) is 2.17. The number of furan rings is 1. The van der Waals surface area contributed by atoms with Gasteiger partial charge in [0.1, 0.15) is 11.5 Å². The maximum absolute atomic E-state index is 12.3. The smallest absolute Gasteiger partial charge is 0.253 e. The van der Waals surface area contributed by atoms with E-state index in [0.717, 1.165) is 17.2 Å². The molecule has 1 heterocycles. The first-order valence-corrected chi connectivity index (χ1v) is 6.37. The number of hydrogen-bond donors (Lipinski definition) is 2. The minimum atomic E-state index is -0.171. The highest BCUT2D eigenvalue weighted by atomic mass is 16.3. The van der Waals surface area contributed by atoms with Crippen molar-refractivity contribution in [2.45, 2.75) is 13.5 Å².